The molecule has 0 saturated carbocycles. The van der Waals surface area contributed by atoms with Crippen molar-refractivity contribution in [2.24, 2.45) is 0 Å². The van der Waals surface area contributed by atoms with Gasteiger partial charge in [0.25, 0.3) is 0 Å². The smallest absolute Gasteiger partial charge is 0.343 e. The third-order valence-electron chi connectivity index (χ3n) is 2.55. The Morgan fingerprint density at radius 3 is 2.95 bits per heavy atom. The van der Waals surface area contributed by atoms with Gasteiger partial charge in [-0.05, 0) is 6.92 Å². The molecule has 0 spiro atoms. The minimum absolute atomic E-state index is 0.000640. The van der Waals surface area contributed by atoms with Crippen LogP contribution in [0.2, 0.25) is 0 Å². The van der Waals surface area contributed by atoms with Gasteiger partial charge in [-0.2, -0.15) is 10.4 Å². The lowest BCUT2D eigenvalue weighted by molar-refractivity contribution is 0.0523. The van der Waals surface area contributed by atoms with Crippen LogP contribution in [-0.2, 0) is 4.74 Å². The summed E-state index contributed by atoms with van der Waals surface area (Å²) in [6, 6.07) is 1.80. The molecule has 0 aromatic carbocycles. The summed E-state index contributed by atoms with van der Waals surface area (Å²) in [7, 11) is 1.36. The number of rotatable bonds is 3. The number of hydrogen-bond acceptors (Lipinski definition) is 6. The number of esters is 1. The van der Waals surface area contributed by atoms with E-state index in [9.17, 15) is 9.90 Å². The summed E-state index contributed by atoms with van der Waals surface area (Å²) >= 11 is 0. The predicted molar refractivity (Wildman–Crippen MR) is 64.1 cm³/mol. The highest BCUT2D eigenvalue weighted by atomic mass is 16.5. The second-order valence-electron chi connectivity index (χ2n) is 3.61. The van der Waals surface area contributed by atoms with Gasteiger partial charge in [0.05, 0.1) is 19.9 Å². The number of aromatic hydroxyl groups is 1. The van der Waals surface area contributed by atoms with E-state index in [4.69, 9.17) is 14.7 Å². The van der Waals surface area contributed by atoms with Gasteiger partial charge in [-0.3, -0.25) is 0 Å². The van der Waals surface area contributed by atoms with E-state index in [0.717, 1.165) is 0 Å². The number of hydrogen-bond donors (Lipinski definition) is 1. The van der Waals surface area contributed by atoms with Gasteiger partial charge in [-0.25, -0.2) is 9.31 Å². The van der Waals surface area contributed by atoms with E-state index in [1.807, 2.05) is 0 Å². The Kier molecular flexibility index (Phi) is 3.25. The fourth-order valence-electron chi connectivity index (χ4n) is 1.74. The zero-order valence-electron chi connectivity index (χ0n) is 10.4. The molecule has 0 aliphatic heterocycles. The number of carbonyl (C=O) groups excluding carboxylic acids is 1. The van der Waals surface area contributed by atoms with E-state index in [-0.39, 0.29) is 34.7 Å². The number of ether oxygens (including phenoxy) is 2. The first-order chi connectivity index (χ1) is 9.13. The maximum Gasteiger partial charge on any atom is 0.343 e. The standard InChI is InChI=1S/C12H11N3O4/c1-3-19-12(17)8-6-15-9(11(8)18-2)10(16)7(4-13)5-14-15/h5-6,16H,3H2,1-2H3. The Labute approximate surface area is 108 Å². The van der Waals surface area contributed by atoms with Gasteiger partial charge in [0.1, 0.15) is 17.2 Å². The molecule has 2 heterocycles. The van der Waals surface area contributed by atoms with E-state index < -0.39 is 5.97 Å². The summed E-state index contributed by atoms with van der Waals surface area (Å²) in [5, 5.41) is 22.8. The molecule has 2 aromatic heterocycles. The molecule has 7 heteroatoms. The fraction of sp³-hybridized carbons (Fsp3) is 0.250. The molecule has 7 nitrogen and oxygen atoms in total. The lowest BCUT2D eigenvalue weighted by atomic mass is 10.2. The van der Waals surface area contributed by atoms with Gasteiger partial charge < -0.3 is 14.6 Å². The number of nitrogens with zero attached hydrogens (tertiary/aromatic N) is 3. The maximum absolute atomic E-state index is 11.8. The molecule has 0 atom stereocenters. The molecule has 0 unspecified atom stereocenters. The van der Waals surface area contributed by atoms with Gasteiger partial charge in [0, 0.05) is 6.20 Å². The summed E-state index contributed by atoms with van der Waals surface area (Å²) < 4.78 is 11.3. The molecule has 19 heavy (non-hydrogen) atoms. The third kappa shape index (κ3) is 1.93. The van der Waals surface area contributed by atoms with Crippen molar-refractivity contribution in [3.8, 4) is 17.6 Å². The molecule has 0 aliphatic carbocycles. The van der Waals surface area contributed by atoms with Crippen LogP contribution >= 0.6 is 0 Å². The van der Waals surface area contributed by atoms with E-state index in [0.29, 0.717) is 0 Å². The molecule has 2 aromatic rings. The molecule has 0 saturated heterocycles. The largest absolute Gasteiger partial charge is 0.504 e. The minimum atomic E-state index is -0.581. The average Bonchev–Trinajstić information content (AvgIpc) is 2.79. The summed E-state index contributed by atoms with van der Waals surface area (Å²) in [5.41, 5.74) is 0.297. The van der Waals surface area contributed by atoms with Crippen LogP contribution in [0.1, 0.15) is 22.8 Å². The van der Waals surface area contributed by atoms with Crippen LogP contribution in [0.3, 0.4) is 0 Å². The Bertz CT molecular complexity index is 684. The summed E-state index contributed by atoms with van der Waals surface area (Å²) in [5.74, 6) is -0.742. The number of aromatic nitrogens is 2. The molecule has 0 fully saturated rings. The first-order valence-corrected chi connectivity index (χ1v) is 5.48. The van der Waals surface area contributed by atoms with E-state index in [1.165, 1.54) is 24.0 Å². The fourth-order valence-corrected chi connectivity index (χ4v) is 1.74. The van der Waals surface area contributed by atoms with Crippen molar-refractivity contribution >= 4 is 11.5 Å². The molecule has 0 radical (unpaired) electrons. The van der Waals surface area contributed by atoms with E-state index >= 15 is 0 Å². The molecule has 0 bridgehead atoms. The van der Waals surface area contributed by atoms with Gasteiger partial charge >= 0.3 is 5.97 Å². The highest BCUT2D eigenvalue weighted by Crippen LogP contribution is 2.34. The Morgan fingerprint density at radius 2 is 2.37 bits per heavy atom. The summed E-state index contributed by atoms with van der Waals surface area (Å²) in [6.07, 6.45) is 2.59. The minimum Gasteiger partial charge on any atom is -0.504 e. The van der Waals surface area contributed by atoms with Crippen LogP contribution in [0.15, 0.2) is 12.4 Å². The van der Waals surface area contributed by atoms with Crippen LogP contribution in [0.4, 0.5) is 0 Å². The Balaban J connectivity index is 2.73. The van der Waals surface area contributed by atoms with Crippen molar-refractivity contribution in [1.82, 2.24) is 9.61 Å². The summed E-state index contributed by atoms with van der Waals surface area (Å²) in [6.45, 7) is 1.90. The zero-order valence-corrected chi connectivity index (χ0v) is 10.4. The highest BCUT2D eigenvalue weighted by molar-refractivity contribution is 5.97. The second kappa shape index (κ2) is 4.86. The van der Waals surface area contributed by atoms with Gasteiger partial charge in [-0.1, -0.05) is 0 Å². The summed E-state index contributed by atoms with van der Waals surface area (Å²) in [4.78, 5) is 11.8. The van der Waals surface area contributed by atoms with Crippen LogP contribution < -0.4 is 4.74 Å². The number of nitriles is 1. The van der Waals surface area contributed by atoms with Gasteiger partial charge in [-0.15, -0.1) is 0 Å². The van der Waals surface area contributed by atoms with Crippen molar-refractivity contribution < 1.29 is 19.4 Å². The molecule has 0 amide bonds. The lowest BCUT2D eigenvalue weighted by Gasteiger charge is -2.04. The topological polar surface area (TPSA) is 96.9 Å². The van der Waals surface area contributed by atoms with Crippen LogP contribution in [0.25, 0.3) is 5.52 Å². The number of carbonyl (C=O) groups is 1. The van der Waals surface area contributed by atoms with Crippen molar-refractivity contribution in [3.05, 3.63) is 23.5 Å². The maximum atomic E-state index is 11.8. The number of methoxy groups -OCH3 is 1. The average molecular weight is 261 g/mol. The Hall–Kier alpha value is -2.75. The van der Waals surface area contributed by atoms with E-state index in [2.05, 4.69) is 5.10 Å². The Morgan fingerprint density at radius 1 is 1.63 bits per heavy atom. The van der Waals surface area contributed by atoms with Crippen molar-refractivity contribution in [3.63, 3.8) is 0 Å². The molecular formula is C12H11N3O4. The third-order valence-corrected chi connectivity index (χ3v) is 2.55. The number of fused-ring (bicyclic) bond motifs is 1. The van der Waals surface area contributed by atoms with E-state index in [1.54, 1.807) is 13.0 Å². The van der Waals surface area contributed by atoms with Crippen LogP contribution in [-0.4, -0.2) is 34.4 Å². The van der Waals surface area contributed by atoms with Crippen LogP contribution in [0.5, 0.6) is 11.5 Å². The first-order valence-electron chi connectivity index (χ1n) is 5.48. The zero-order chi connectivity index (χ0) is 14.0. The van der Waals surface area contributed by atoms with Crippen LogP contribution in [0, 0.1) is 11.3 Å². The van der Waals surface area contributed by atoms with Crippen molar-refractivity contribution in [1.29, 1.82) is 5.26 Å². The molecule has 0 aliphatic rings. The van der Waals surface area contributed by atoms with Crippen molar-refractivity contribution in [2.75, 3.05) is 13.7 Å². The van der Waals surface area contributed by atoms with Gasteiger partial charge in [0.15, 0.2) is 17.0 Å². The molecule has 98 valence electrons. The second-order valence-corrected chi connectivity index (χ2v) is 3.61. The first kappa shape index (κ1) is 12.7. The van der Waals surface area contributed by atoms with Gasteiger partial charge in [0.2, 0.25) is 0 Å². The monoisotopic (exact) mass is 261 g/mol. The molecule has 1 N–H and O–H groups in total. The predicted octanol–water partition coefficient (Wildman–Crippen LogP) is 1.10. The highest BCUT2D eigenvalue weighted by Gasteiger charge is 2.23. The lowest BCUT2D eigenvalue weighted by Crippen LogP contribution is -2.04. The normalized spacial score (nSPS) is 10.2. The van der Waals surface area contributed by atoms with Crippen molar-refractivity contribution in [2.45, 2.75) is 6.92 Å². The molecule has 2 rings (SSSR count). The quantitative estimate of drug-likeness (QED) is 0.831. The molecular weight excluding hydrogens is 250 g/mol. The SMILES string of the molecule is CCOC(=O)c1cn2ncc(C#N)c(O)c2c1OC.